The van der Waals surface area contributed by atoms with Crippen LogP contribution in [-0.2, 0) is 4.79 Å². The van der Waals surface area contributed by atoms with E-state index in [0.29, 0.717) is 11.7 Å². The van der Waals surface area contributed by atoms with Crippen molar-refractivity contribution in [1.82, 2.24) is 5.32 Å². The van der Waals surface area contributed by atoms with Gasteiger partial charge in [0.2, 0.25) is 0 Å². The Morgan fingerprint density at radius 3 is 2.95 bits per heavy atom. The van der Waals surface area contributed by atoms with Crippen LogP contribution in [0.4, 0.5) is 4.39 Å². The largest absolute Gasteiger partial charge is 0.484 e. The smallest absolute Gasteiger partial charge is 0.258 e. The van der Waals surface area contributed by atoms with Gasteiger partial charge >= 0.3 is 0 Å². The second-order valence-corrected chi connectivity index (χ2v) is 6.44. The van der Waals surface area contributed by atoms with Crippen molar-refractivity contribution < 1.29 is 13.9 Å². The Kier molecular flexibility index (Phi) is 4.13. The summed E-state index contributed by atoms with van der Waals surface area (Å²) in [5.41, 5.74) is 0. The molecule has 4 heteroatoms. The first-order chi connectivity index (χ1) is 10.1. The van der Waals surface area contributed by atoms with E-state index in [1.54, 1.807) is 12.1 Å². The normalized spacial score (nSPS) is 28.4. The van der Waals surface area contributed by atoms with Crippen LogP contribution in [0, 0.1) is 23.6 Å². The summed E-state index contributed by atoms with van der Waals surface area (Å²) in [5, 5.41) is 3.03. The molecule has 1 aromatic carbocycles. The molecular weight excluding hydrogens is 269 g/mol. The molecule has 3 nitrogen and oxygen atoms in total. The van der Waals surface area contributed by atoms with Crippen molar-refractivity contribution in [2.75, 3.05) is 6.61 Å². The van der Waals surface area contributed by atoms with Crippen molar-refractivity contribution in [2.45, 2.75) is 38.6 Å². The van der Waals surface area contributed by atoms with Gasteiger partial charge in [-0.1, -0.05) is 12.5 Å². The predicted octanol–water partition coefficient (Wildman–Crippen LogP) is 3.15. The van der Waals surface area contributed by atoms with Gasteiger partial charge in [0.25, 0.3) is 5.91 Å². The minimum atomic E-state index is -0.358. The number of halogens is 1. The van der Waals surface area contributed by atoms with Gasteiger partial charge in [-0.3, -0.25) is 4.79 Å². The quantitative estimate of drug-likeness (QED) is 0.905. The van der Waals surface area contributed by atoms with Gasteiger partial charge in [-0.2, -0.15) is 0 Å². The summed E-state index contributed by atoms with van der Waals surface area (Å²) in [6.45, 7) is 2.03. The average Bonchev–Trinajstić information content (AvgIpc) is 3.08. The number of fused-ring (bicyclic) bond motifs is 2. The van der Waals surface area contributed by atoms with Crippen molar-refractivity contribution in [3.63, 3.8) is 0 Å². The van der Waals surface area contributed by atoms with Crippen LogP contribution in [0.3, 0.4) is 0 Å². The minimum Gasteiger partial charge on any atom is -0.484 e. The molecule has 2 aliphatic carbocycles. The number of hydrogen-bond acceptors (Lipinski definition) is 2. The first kappa shape index (κ1) is 14.4. The third-order valence-electron chi connectivity index (χ3n) is 4.99. The number of amides is 1. The van der Waals surface area contributed by atoms with Crippen LogP contribution >= 0.6 is 0 Å². The van der Waals surface area contributed by atoms with E-state index in [2.05, 4.69) is 12.2 Å². The van der Waals surface area contributed by atoms with Crippen molar-refractivity contribution in [2.24, 2.45) is 17.8 Å². The third-order valence-corrected chi connectivity index (χ3v) is 4.99. The molecule has 0 aromatic heterocycles. The second kappa shape index (κ2) is 6.04. The fourth-order valence-corrected chi connectivity index (χ4v) is 4.01. The van der Waals surface area contributed by atoms with Gasteiger partial charge in [0.1, 0.15) is 11.6 Å². The molecule has 0 radical (unpaired) electrons. The lowest BCUT2D eigenvalue weighted by atomic mass is 9.84. The van der Waals surface area contributed by atoms with E-state index in [0.717, 1.165) is 11.8 Å². The minimum absolute atomic E-state index is 0.0609. The van der Waals surface area contributed by atoms with E-state index in [9.17, 15) is 9.18 Å². The molecule has 0 aliphatic heterocycles. The zero-order valence-corrected chi connectivity index (χ0v) is 12.3. The number of rotatable bonds is 5. The summed E-state index contributed by atoms with van der Waals surface area (Å²) in [5.74, 6) is 2.18. The van der Waals surface area contributed by atoms with Gasteiger partial charge in [-0.05, 0) is 56.1 Å². The van der Waals surface area contributed by atoms with E-state index in [4.69, 9.17) is 4.74 Å². The Morgan fingerprint density at radius 2 is 2.29 bits per heavy atom. The van der Waals surface area contributed by atoms with Gasteiger partial charge < -0.3 is 10.1 Å². The molecule has 0 unspecified atom stereocenters. The molecule has 1 aromatic rings. The summed E-state index contributed by atoms with van der Waals surface area (Å²) >= 11 is 0. The maximum atomic E-state index is 13.0. The van der Waals surface area contributed by atoms with Gasteiger partial charge in [-0.25, -0.2) is 4.39 Å². The van der Waals surface area contributed by atoms with Crippen molar-refractivity contribution in [3.05, 3.63) is 30.1 Å². The molecule has 2 fully saturated rings. The first-order valence-corrected chi connectivity index (χ1v) is 7.79. The van der Waals surface area contributed by atoms with Crippen LogP contribution in [0.1, 0.15) is 32.6 Å². The van der Waals surface area contributed by atoms with Crippen LogP contribution in [0.15, 0.2) is 24.3 Å². The highest BCUT2D eigenvalue weighted by Crippen LogP contribution is 2.49. The van der Waals surface area contributed by atoms with E-state index >= 15 is 0 Å². The monoisotopic (exact) mass is 291 g/mol. The molecule has 0 saturated heterocycles. The third kappa shape index (κ3) is 3.36. The molecule has 1 amide bonds. The van der Waals surface area contributed by atoms with E-state index < -0.39 is 0 Å². The first-order valence-electron chi connectivity index (χ1n) is 7.79. The van der Waals surface area contributed by atoms with E-state index in [1.165, 1.54) is 37.8 Å². The van der Waals surface area contributed by atoms with Gasteiger partial charge in [0.05, 0.1) is 0 Å². The van der Waals surface area contributed by atoms with Gasteiger partial charge in [-0.15, -0.1) is 0 Å². The van der Waals surface area contributed by atoms with Crippen LogP contribution in [-0.4, -0.2) is 18.6 Å². The highest BCUT2D eigenvalue weighted by molar-refractivity contribution is 5.77. The molecule has 114 valence electrons. The zero-order valence-electron chi connectivity index (χ0n) is 12.3. The fourth-order valence-electron chi connectivity index (χ4n) is 4.01. The highest BCUT2D eigenvalue weighted by Gasteiger charge is 2.42. The summed E-state index contributed by atoms with van der Waals surface area (Å²) in [7, 11) is 0. The van der Waals surface area contributed by atoms with Crippen LogP contribution in [0.25, 0.3) is 0 Å². The standard InChI is InChI=1S/C17H22FNO2/c1-11(16-8-12-5-6-13(16)7-12)19-17(20)10-21-15-4-2-3-14(18)9-15/h2-4,9,11-13,16H,5-8,10H2,1H3,(H,19,20)/t11-,12-,13-,16+/m0/s1. The van der Waals surface area contributed by atoms with Crippen molar-refractivity contribution >= 4 is 5.91 Å². The summed E-state index contributed by atoms with van der Waals surface area (Å²) in [6, 6.07) is 6.05. The number of carbonyl (C=O) groups excluding carboxylic acids is 1. The predicted molar refractivity (Wildman–Crippen MR) is 78.4 cm³/mol. The molecule has 1 N–H and O–H groups in total. The number of ether oxygens (including phenoxy) is 1. The summed E-state index contributed by atoms with van der Waals surface area (Å²) < 4.78 is 18.3. The molecule has 3 rings (SSSR count). The SMILES string of the molecule is C[C@H](NC(=O)COc1cccc(F)c1)[C@H]1C[C@H]2CC[C@H]1C2. The summed E-state index contributed by atoms with van der Waals surface area (Å²) in [6.07, 6.45) is 5.27. The maximum Gasteiger partial charge on any atom is 0.258 e. The highest BCUT2D eigenvalue weighted by atomic mass is 19.1. The van der Waals surface area contributed by atoms with Crippen molar-refractivity contribution in [3.8, 4) is 5.75 Å². The lowest BCUT2D eigenvalue weighted by molar-refractivity contribution is -0.124. The topological polar surface area (TPSA) is 38.3 Å². The number of nitrogens with one attached hydrogen (secondary N) is 1. The van der Waals surface area contributed by atoms with E-state index in [1.807, 2.05) is 0 Å². The lowest BCUT2D eigenvalue weighted by Gasteiger charge is -2.28. The maximum absolute atomic E-state index is 13.0. The van der Waals surface area contributed by atoms with Crippen LogP contribution < -0.4 is 10.1 Å². The fraction of sp³-hybridized carbons (Fsp3) is 0.588. The second-order valence-electron chi connectivity index (χ2n) is 6.44. The molecular formula is C17H22FNO2. The zero-order chi connectivity index (χ0) is 14.8. The molecule has 21 heavy (non-hydrogen) atoms. The molecule has 4 atom stereocenters. The Bertz CT molecular complexity index is 519. The summed E-state index contributed by atoms with van der Waals surface area (Å²) in [4.78, 5) is 11.9. The van der Waals surface area contributed by atoms with Gasteiger partial charge in [0.15, 0.2) is 6.61 Å². The number of benzene rings is 1. The molecule has 2 bridgehead atoms. The van der Waals surface area contributed by atoms with Gasteiger partial charge in [0, 0.05) is 12.1 Å². The van der Waals surface area contributed by atoms with Crippen LogP contribution in [0.2, 0.25) is 0 Å². The Morgan fingerprint density at radius 1 is 1.43 bits per heavy atom. The average molecular weight is 291 g/mol. The van der Waals surface area contributed by atoms with Crippen molar-refractivity contribution in [1.29, 1.82) is 0 Å². The molecule has 2 aliphatic rings. The molecule has 0 spiro atoms. The van der Waals surface area contributed by atoms with Crippen LogP contribution in [0.5, 0.6) is 5.75 Å². The Balaban J connectivity index is 1.46. The Hall–Kier alpha value is -1.58. The Labute approximate surface area is 124 Å². The number of hydrogen-bond donors (Lipinski definition) is 1. The lowest BCUT2D eigenvalue weighted by Crippen LogP contribution is -2.42. The van der Waals surface area contributed by atoms with E-state index in [-0.39, 0.29) is 24.4 Å². The molecule has 2 saturated carbocycles. The number of carbonyl (C=O) groups is 1. The molecule has 0 heterocycles.